The van der Waals surface area contributed by atoms with Gasteiger partial charge in [-0.1, -0.05) is 35.9 Å². The molecule has 1 atom stereocenters. The lowest BCUT2D eigenvalue weighted by Gasteiger charge is -2.39. The molecule has 56 heavy (non-hydrogen) atoms. The molecule has 0 bridgehead atoms. The van der Waals surface area contributed by atoms with Gasteiger partial charge in [0.15, 0.2) is 5.82 Å². The lowest BCUT2D eigenvalue weighted by Crippen LogP contribution is -2.54. The number of nitrogens with zero attached hydrogens (tertiary/aromatic N) is 7. The summed E-state index contributed by atoms with van der Waals surface area (Å²) in [4.78, 5) is 64.6. The van der Waals surface area contributed by atoms with Gasteiger partial charge in [-0.15, -0.1) is 21.5 Å². The molecular formula is C41H34ClN9O4S. The van der Waals surface area contributed by atoms with Crippen LogP contribution in [0.15, 0.2) is 65.8 Å². The maximum Gasteiger partial charge on any atom is 0.264 e. The molecule has 2 aromatic carbocycles. The third kappa shape index (κ3) is 6.37. The number of nitrogens with one attached hydrogen (secondary N) is 2. The number of aliphatic imine (C=N–C) groups is 1. The van der Waals surface area contributed by atoms with Gasteiger partial charge in [0.1, 0.15) is 29.1 Å². The minimum absolute atomic E-state index is 0.0784. The predicted molar refractivity (Wildman–Crippen MR) is 210 cm³/mol. The number of amides is 4. The molecule has 2 saturated heterocycles. The summed E-state index contributed by atoms with van der Waals surface area (Å²) in [7, 11) is 0. The number of hydrogen-bond acceptors (Lipinski definition) is 11. The van der Waals surface area contributed by atoms with Crippen LogP contribution in [0.25, 0.3) is 5.00 Å². The normalized spacial score (nSPS) is 17.9. The Morgan fingerprint density at radius 2 is 1.79 bits per heavy atom. The molecule has 9 rings (SSSR count). The number of aromatic nitrogens is 4. The van der Waals surface area contributed by atoms with Crippen LogP contribution in [0.1, 0.15) is 78.0 Å². The number of likely N-dealkylation sites (tertiary alicyclic amines) is 1. The molecular weight excluding hydrogens is 750 g/mol. The predicted octanol–water partition coefficient (Wildman–Crippen LogP) is 4.69. The van der Waals surface area contributed by atoms with Crippen LogP contribution in [0.3, 0.4) is 0 Å². The van der Waals surface area contributed by atoms with Crippen LogP contribution >= 0.6 is 22.9 Å². The van der Waals surface area contributed by atoms with E-state index in [4.69, 9.17) is 16.6 Å². The summed E-state index contributed by atoms with van der Waals surface area (Å²) in [5, 5.41) is 16.0. The number of piperidine rings is 1. The molecule has 0 radical (unpaired) electrons. The Balaban J connectivity index is 0.832. The summed E-state index contributed by atoms with van der Waals surface area (Å²) in [6, 6.07) is 15.8. The highest BCUT2D eigenvalue weighted by Gasteiger charge is 2.45. The topological polar surface area (TPSA) is 155 Å². The molecule has 7 heterocycles. The molecule has 1 unspecified atom stereocenters. The molecule has 5 aromatic rings. The number of rotatable bonds is 7. The first-order chi connectivity index (χ1) is 27.1. The van der Waals surface area contributed by atoms with Gasteiger partial charge in [-0.3, -0.25) is 43.9 Å². The van der Waals surface area contributed by atoms with Crippen molar-refractivity contribution in [2.45, 2.75) is 45.8 Å². The average molecular weight is 784 g/mol. The highest BCUT2D eigenvalue weighted by molar-refractivity contribution is 7.15. The van der Waals surface area contributed by atoms with Gasteiger partial charge >= 0.3 is 0 Å². The van der Waals surface area contributed by atoms with Crippen LogP contribution in [0.2, 0.25) is 5.02 Å². The molecule has 4 aliphatic heterocycles. The first-order valence-corrected chi connectivity index (χ1v) is 19.5. The standard InChI is InChI=1S/C41H34ClN9O4S/c1-22-32(56-41-35(22)37(26-7-9-27(42)10-8-26)45-18-33-48-47-23(2)50(33)41)14-12-28-11-6-24(16-43-28)19-49-20-25(21-49)17-44-30-5-3-4-29-36(30)40(55)51(39(29)54)31-13-15-34(52)46-38(31)53/h3-11,16,25,31,44H,13,15,17-21H2,1-2H3,(H,46,52,53). The van der Waals surface area contributed by atoms with Gasteiger partial charge in [0.2, 0.25) is 11.8 Å². The number of anilines is 1. The van der Waals surface area contributed by atoms with Crippen molar-refractivity contribution in [2.24, 2.45) is 10.9 Å². The molecule has 13 nitrogen and oxygen atoms in total. The molecule has 3 aromatic heterocycles. The number of benzene rings is 2. The highest BCUT2D eigenvalue weighted by atomic mass is 35.5. The third-order valence-corrected chi connectivity index (χ3v) is 12.0. The maximum absolute atomic E-state index is 13.4. The molecule has 0 saturated carbocycles. The van der Waals surface area contributed by atoms with Crippen molar-refractivity contribution in [3.63, 3.8) is 0 Å². The second kappa shape index (κ2) is 14.2. The van der Waals surface area contributed by atoms with Gasteiger partial charge in [-0.2, -0.15) is 0 Å². The van der Waals surface area contributed by atoms with Gasteiger partial charge in [0.05, 0.1) is 21.7 Å². The van der Waals surface area contributed by atoms with E-state index < -0.39 is 29.7 Å². The highest BCUT2D eigenvalue weighted by Crippen LogP contribution is 2.37. The fraction of sp³-hybridized carbons (Fsp3) is 0.268. The number of carbonyl (C=O) groups is 4. The molecule has 4 aliphatic rings. The lowest BCUT2D eigenvalue weighted by molar-refractivity contribution is -0.136. The molecule has 280 valence electrons. The van der Waals surface area contributed by atoms with Gasteiger partial charge in [0, 0.05) is 66.6 Å². The van der Waals surface area contributed by atoms with E-state index in [9.17, 15) is 19.2 Å². The van der Waals surface area contributed by atoms with Crippen molar-refractivity contribution >= 4 is 58.0 Å². The van der Waals surface area contributed by atoms with E-state index in [0.717, 1.165) is 74.0 Å². The summed E-state index contributed by atoms with van der Waals surface area (Å²) < 4.78 is 2.07. The SMILES string of the molecule is Cc1c(C#Cc2ccc(CN3CC(CNc4cccc5c4C(=O)N(C4CCC(=O)NC4=O)C5=O)C3)cn2)sc2c1C(c1ccc(Cl)cc1)=NCc1nnc(C)n1-2. The Morgan fingerprint density at radius 3 is 2.55 bits per heavy atom. The first kappa shape index (κ1) is 35.7. The van der Waals surface area contributed by atoms with Crippen LogP contribution in [-0.4, -0.2) is 84.6 Å². The zero-order chi connectivity index (χ0) is 38.7. The quantitative estimate of drug-likeness (QED) is 0.177. The van der Waals surface area contributed by atoms with E-state index in [0.29, 0.717) is 35.4 Å². The number of fused-ring (bicyclic) bond motifs is 4. The number of pyridine rings is 1. The van der Waals surface area contributed by atoms with Gasteiger partial charge in [0.25, 0.3) is 11.8 Å². The number of aryl methyl sites for hydroxylation is 1. The summed E-state index contributed by atoms with van der Waals surface area (Å²) in [5.41, 5.74) is 6.77. The Bertz CT molecular complexity index is 2560. The molecule has 4 amide bonds. The minimum atomic E-state index is -0.997. The smallest absolute Gasteiger partial charge is 0.264 e. The van der Waals surface area contributed by atoms with Crippen molar-refractivity contribution < 1.29 is 19.2 Å². The Kier molecular flexibility index (Phi) is 9.08. The number of carbonyl (C=O) groups excluding carboxylic acids is 4. The van der Waals surface area contributed by atoms with E-state index in [1.807, 2.05) is 43.5 Å². The largest absolute Gasteiger partial charge is 0.384 e. The van der Waals surface area contributed by atoms with Crippen LogP contribution in [0.5, 0.6) is 0 Å². The van der Waals surface area contributed by atoms with Crippen molar-refractivity contribution in [3.8, 4) is 16.8 Å². The van der Waals surface area contributed by atoms with Crippen LogP contribution in [0, 0.1) is 31.6 Å². The number of halogens is 1. The van der Waals surface area contributed by atoms with Crippen LogP contribution in [-0.2, 0) is 22.7 Å². The summed E-state index contributed by atoms with van der Waals surface area (Å²) >= 11 is 7.80. The fourth-order valence-corrected chi connectivity index (χ4v) is 9.08. The monoisotopic (exact) mass is 783 g/mol. The average Bonchev–Trinajstić information content (AvgIpc) is 3.74. The number of hydrogen-bond donors (Lipinski definition) is 2. The van der Waals surface area contributed by atoms with E-state index in [1.165, 1.54) is 0 Å². The summed E-state index contributed by atoms with van der Waals surface area (Å²) in [6.45, 7) is 7.52. The minimum Gasteiger partial charge on any atom is -0.384 e. The Morgan fingerprint density at radius 1 is 0.964 bits per heavy atom. The van der Waals surface area contributed by atoms with Crippen molar-refractivity contribution in [1.29, 1.82) is 0 Å². The van der Waals surface area contributed by atoms with Crippen molar-refractivity contribution in [3.05, 3.63) is 121 Å². The van der Waals surface area contributed by atoms with Gasteiger partial charge in [-0.05, 0) is 73.6 Å². The summed E-state index contributed by atoms with van der Waals surface area (Å²) in [5.74, 6) is 6.51. The lowest BCUT2D eigenvalue weighted by atomic mass is 9.98. The third-order valence-electron chi connectivity index (χ3n) is 10.6. The molecule has 15 heteroatoms. The van der Waals surface area contributed by atoms with Crippen LogP contribution < -0.4 is 10.6 Å². The van der Waals surface area contributed by atoms with Crippen LogP contribution in [0.4, 0.5) is 5.69 Å². The first-order valence-electron chi connectivity index (χ1n) is 18.3. The van der Waals surface area contributed by atoms with Gasteiger partial charge in [-0.25, -0.2) is 4.98 Å². The fourth-order valence-electron chi connectivity index (χ4n) is 7.72. The Labute approximate surface area is 330 Å². The second-order valence-corrected chi connectivity index (χ2v) is 15.8. The van der Waals surface area contributed by atoms with Gasteiger partial charge < -0.3 is 5.32 Å². The Hall–Kier alpha value is -6.01. The summed E-state index contributed by atoms with van der Waals surface area (Å²) in [6.07, 6.45) is 2.07. The van der Waals surface area contributed by atoms with Crippen molar-refractivity contribution in [2.75, 3.05) is 25.0 Å². The zero-order valence-corrected chi connectivity index (χ0v) is 32.0. The molecule has 2 N–H and O–H groups in total. The second-order valence-electron chi connectivity index (χ2n) is 14.3. The zero-order valence-electron chi connectivity index (χ0n) is 30.4. The van der Waals surface area contributed by atoms with E-state index >= 15 is 0 Å². The molecule has 0 aliphatic carbocycles. The molecule has 0 spiro atoms. The maximum atomic E-state index is 13.4. The number of thiophene rings is 1. The van der Waals surface area contributed by atoms with E-state index in [1.54, 1.807) is 29.5 Å². The van der Waals surface area contributed by atoms with E-state index in [2.05, 4.69) is 60.1 Å². The van der Waals surface area contributed by atoms with Crippen molar-refractivity contribution in [1.82, 2.24) is 34.9 Å². The molecule has 2 fully saturated rings. The van der Waals surface area contributed by atoms with E-state index in [-0.39, 0.29) is 24.0 Å². The number of imide groups is 2.